The zero-order valence-electron chi connectivity index (χ0n) is 9.25. The van der Waals surface area contributed by atoms with E-state index in [1.165, 1.54) is 6.33 Å². The Bertz CT molecular complexity index is 573. The first-order valence-corrected chi connectivity index (χ1v) is 5.06. The van der Waals surface area contributed by atoms with Crippen LogP contribution in [0.2, 0.25) is 0 Å². The van der Waals surface area contributed by atoms with E-state index in [0.29, 0.717) is 11.4 Å². The van der Waals surface area contributed by atoms with E-state index < -0.39 is 5.91 Å². The molecule has 1 aromatic carbocycles. The van der Waals surface area contributed by atoms with Crippen LogP contribution in [0.25, 0.3) is 0 Å². The average Bonchev–Trinajstić information content (AvgIpc) is 2.91. The molecule has 2 N–H and O–H groups in total. The first kappa shape index (κ1) is 11.6. The summed E-state index contributed by atoms with van der Waals surface area (Å²) < 4.78 is 5.12. The number of rotatable bonds is 4. The van der Waals surface area contributed by atoms with E-state index in [9.17, 15) is 4.79 Å². The highest BCUT2D eigenvalue weighted by molar-refractivity contribution is 6.01. The number of aromatic nitrogens is 3. The number of benzene rings is 1. The van der Waals surface area contributed by atoms with Crippen molar-refractivity contribution in [2.75, 3.05) is 11.9 Å². The number of carbonyl (C=O) groups excluding carboxylic acids is 1. The smallest absolute Gasteiger partial charge is 0.292 e. The van der Waals surface area contributed by atoms with E-state index in [2.05, 4.69) is 20.5 Å². The molecule has 1 aromatic heterocycles. The van der Waals surface area contributed by atoms with E-state index in [1.807, 2.05) is 6.07 Å². The third kappa shape index (κ3) is 2.82. The van der Waals surface area contributed by atoms with Gasteiger partial charge in [0.05, 0.1) is 0 Å². The molecule has 0 aliphatic heterocycles. The van der Waals surface area contributed by atoms with Crippen LogP contribution in [0.4, 0.5) is 5.69 Å². The molecule has 0 saturated carbocycles. The summed E-state index contributed by atoms with van der Waals surface area (Å²) in [4.78, 5) is 15.4. The van der Waals surface area contributed by atoms with E-state index in [4.69, 9.17) is 10.00 Å². The minimum Gasteiger partial charge on any atom is -0.479 e. The van der Waals surface area contributed by atoms with Crippen molar-refractivity contribution in [1.82, 2.24) is 15.2 Å². The van der Waals surface area contributed by atoms with Gasteiger partial charge in [-0.05, 0) is 12.1 Å². The largest absolute Gasteiger partial charge is 0.479 e. The summed E-state index contributed by atoms with van der Waals surface area (Å²) in [6, 6.07) is 8.59. The number of hydrogen-bond donors (Lipinski definition) is 2. The summed E-state index contributed by atoms with van der Waals surface area (Å²) in [5, 5.41) is 17.1. The van der Waals surface area contributed by atoms with Gasteiger partial charge in [0.15, 0.2) is 6.61 Å². The van der Waals surface area contributed by atoms with Crippen LogP contribution in [0.3, 0.4) is 0 Å². The Morgan fingerprint density at radius 2 is 2.44 bits per heavy atom. The van der Waals surface area contributed by atoms with E-state index in [0.717, 1.165) is 0 Å². The quantitative estimate of drug-likeness (QED) is 0.832. The third-order valence-electron chi connectivity index (χ3n) is 2.03. The number of H-pyrrole nitrogens is 1. The Hall–Kier alpha value is -2.88. The summed E-state index contributed by atoms with van der Waals surface area (Å²) in [5.74, 6) is 0.232. The van der Waals surface area contributed by atoms with Gasteiger partial charge in [-0.15, -0.1) is 0 Å². The molecule has 0 fully saturated rings. The van der Waals surface area contributed by atoms with E-state index >= 15 is 0 Å². The normalized spacial score (nSPS) is 9.50. The molecule has 18 heavy (non-hydrogen) atoms. The van der Waals surface area contributed by atoms with Crippen LogP contribution in [-0.2, 0) is 0 Å². The Labute approximate surface area is 102 Å². The van der Waals surface area contributed by atoms with Crippen LogP contribution < -0.4 is 10.1 Å². The third-order valence-corrected chi connectivity index (χ3v) is 2.03. The molecule has 7 nitrogen and oxygen atoms in total. The number of nitrogens with one attached hydrogen (secondary N) is 2. The molecule has 0 bridgehead atoms. The van der Waals surface area contributed by atoms with E-state index in [-0.39, 0.29) is 12.4 Å². The second-order valence-electron chi connectivity index (χ2n) is 3.26. The van der Waals surface area contributed by atoms with Gasteiger partial charge < -0.3 is 10.1 Å². The van der Waals surface area contributed by atoms with Gasteiger partial charge in [0.25, 0.3) is 5.91 Å². The lowest BCUT2D eigenvalue weighted by Crippen LogP contribution is -2.13. The molecule has 7 heteroatoms. The summed E-state index contributed by atoms with van der Waals surface area (Å²) >= 11 is 0. The molecule has 1 amide bonds. The molecule has 0 spiro atoms. The number of nitrogens with zero attached hydrogens (tertiary/aromatic N) is 3. The number of amides is 1. The fourth-order valence-corrected chi connectivity index (χ4v) is 1.28. The Balaban J connectivity index is 2.05. The molecule has 0 atom stereocenters. The summed E-state index contributed by atoms with van der Waals surface area (Å²) in [6.45, 7) is -0.0422. The fraction of sp³-hybridized carbons (Fsp3) is 0.0909. The molecular weight excluding hydrogens is 234 g/mol. The molecule has 0 aliphatic carbocycles. The second kappa shape index (κ2) is 5.45. The van der Waals surface area contributed by atoms with Gasteiger partial charge in [0, 0.05) is 11.8 Å². The maximum Gasteiger partial charge on any atom is 0.292 e. The number of ether oxygens (including phenoxy) is 1. The van der Waals surface area contributed by atoms with Gasteiger partial charge in [0.1, 0.15) is 18.1 Å². The van der Waals surface area contributed by atoms with Gasteiger partial charge in [-0.3, -0.25) is 9.89 Å². The van der Waals surface area contributed by atoms with Gasteiger partial charge in [0.2, 0.25) is 5.82 Å². The fourth-order valence-electron chi connectivity index (χ4n) is 1.28. The number of aromatic amines is 1. The Kier molecular flexibility index (Phi) is 3.51. The topological polar surface area (TPSA) is 104 Å². The van der Waals surface area contributed by atoms with Crippen LogP contribution in [-0.4, -0.2) is 27.7 Å². The van der Waals surface area contributed by atoms with Crippen LogP contribution in [0, 0.1) is 11.3 Å². The van der Waals surface area contributed by atoms with Gasteiger partial charge >= 0.3 is 0 Å². The summed E-state index contributed by atoms with van der Waals surface area (Å²) in [7, 11) is 0. The molecule has 1 heterocycles. The molecule has 0 aliphatic rings. The lowest BCUT2D eigenvalue weighted by Gasteiger charge is -2.05. The average molecular weight is 243 g/mol. The molecule has 0 unspecified atom stereocenters. The van der Waals surface area contributed by atoms with Crippen LogP contribution in [0.1, 0.15) is 10.6 Å². The highest BCUT2D eigenvalue weighted by atomic mass is 16.5. The molecule has 0 saturated heterocycles. The van der Waals surface area contributed by atoms with Crippen molar-refractivity contribution in [3.8, 4) is 11.8 Å². The maximum absolute atomic E-state index is 11.7. The first-order valence-electron chi connectivity index (χ1n) is 5.06. The van der Waals surface area contributed by atoms with Crippen LogP contribution in [0.15, 0.2) is 30.6 Å². The van der Waals surface area contributed by atoms with Crippen LogP contribution >= 0.6 is 0 Å². The lowest BCUT2D eigenvalue weighted by molar-refractivity contribution is 0.101. The number of hydrogen-bond acceptors (Lipinski definition) is 5. The molecule has 90 valence electrons. The first-order chi connectivity index (χ1) is 8.79. The monoisotopic (exact) mass is 243 g/mol. The van der Waals surface area contributed by atoms with Gasteiger partial charge in [-0.1, -0.05) is 6.07 Å². The van der Waals surface area contributed by atoms with Crippen molar-refractivity contribution in [2.45, 2.75) is 0 Å². The predicted molar refractivity (Wildman–Crippen MR) is 61.9 cm³/mol. The van der Waals surface area contributed by atoms with Crippen molar-refractivity contribution in [3.63, 3.8) is 0 Å². The number of anilines is 1. The maximum atomic E-state index is 11.7. The Morgan fingerprint density at radius 3 is 3.17 bits per heavy atom. The van der Waals surface area contributed by atoms with Gasteiger partial charge in [-0.25, -0.2) is 4.98 Å². The summed E-state index contributed by atoms with van der Waals surface area (Å²) in [5.41, 5.74) is 0.548. The number of carbonyl (C=O) groups is 1. The van der Waals surface area contributed by atoms with Gasteiger partial charge in [-0.2, -0.15) is 10.4 Å². The second-order valence-corrected chi connectivity index (χ2v) is 3.26. The van der Waals surface area contributed by atoms with Crippen molar-refractivity contribution in [1.29, 1.82) is 5.26 Å². The van der Waals surface area contributed by atoms with Crippen molar-refractivity contribution in [3.05, 3.63) is 36.4 Å². The number of nitriles is 1. The minimum atomic E-state index is -0.398. The zero-order valence-corrected chi connectivity index (χ0v) is 9.25. The van der Waals surface area contributed by atoms with Crippen molar-refractivity contribution >= 4 is 11.6 Å². The highest BCUT2D eigenvalue weighted by Gasteiger charge is 2.08. The molecule has 0 radical (unpaired) electrons. The van der Waals surface area contributed by atoms with Crippen molar-refractivity contribution in [2.24, 2.45) is 0 Å². The lowest BCUT2D eigenvalue weighted by atomic mass is 10.3. The van der Waals surface area contributed by atoms with Crippen LogP contribution in [0.5, 0.6) is 5.75 Å². The molecule has 2 rings (SSSR count). The zero-order chi connectivity index (χ0) is 12.8. The predicted octanol–water partition coefficient (Wildman–Crippen LogP) is 0.959. The summed E-state index contributed by atoms with van der Waals surface area (Å²) in [6.07, 6.45) is 1.25. The Morgan fingerprint density at radius 1 is 1.56 bits per heavy atom. The minimum absolute atomic E-state index is 0.0422. The SMILES string of the molecule is N#CCOc1cccc(NC(=O)c2ncn[nH]2)c1. The molecule has 2 aromatic rings. The molecular formula is C11H9N5O2. The van der Waals surface area contributed by atoms with E-state index in [1.54, 1.807) is 24.3 Å². The van der Waals surface area contributed by atoms with Crippen molar-refractivity contribution < 1.29 is 9.53 Å². The standard InChI is InChI=1S/C11H9N5O2/c12-4-5-18-9-3-1-2-8(6-9)15-11(17)10-13-7-14-16-10/h1-3,6-7H,5H2,(H,15,17)(H,13,14,16). The highest BCUT2D eigenvalue weighted by Crippen LogP contribution is 2.17.